The lowest BCUT2D eigenvalue weighted by Crippen LogP contribution is -2.43. The highest BCUT2D eigenvalue weighted by Crippen LogP contribution is 2.25. The molecule has 4 N–H and O–H groups in total. The third kappa shape index (κ3) is 5.47. The number of nitrogens with zero attached hydrogens (tertiary/aromatic N) is 4. The number of rotatable bonds is 8. The van der Waals surface area contributed by atoms with E-state index in [0.717, 1.165) is 60.5 Å². The molecule has 1 atom stereocenters. The first kappa shape index (κ1) is 22.9. The van der Waals surface area contributed by atoms with Crippen molar-refractivity contribution in [3.05, 3.63) is 66.6 Å². The number of hydrogen-bond donors (Lipinski definition) is 4. The SMILES string of the molecule is O=C(c1cc2cc(Nc3nccc(-c4ccccn4)n3)ccc2[nH]1)N1CCCC(CNCCO)C1. The number of aliphatic hydroxyl groups is 1. The highest BCUT2D eigenvalue weighted by molar-refractivity contribution is 5.98. The van der Waals surface area contributed by atoms with Gasteiger partial charge in [-0.1, -0.05) is 6.07 Å². The lowest BCUT2D eigenvalue weighted by molar-refractivity contribution is 0.0667. The average molecular weight is 472 g/mol. The number of H-pyrrole nitrogens is 1. The summed E-state index contributed by atoms with van der Waals surface area (Å²) in [5.41, 5.74) is 3.85. The summed E-state index contributed by atoms with van der Waals surface area (Å²) < 4.78 is 0. The number of amides is 1. The molecule has 3 aromatic heterocycles. The van der Waals surface area contributed by atoms with Crippen molar-refractivity contribution < 1.29 is 9.90 Å². The molecule has 1 saturated heterocycles. The van der Waals surface area contributed by atoms with Gasteiger partial charge in [-0.3, -0.25) is 9.78 Å². The number of pyridine rings is 1. The van der Waals surface area contributed by atoms with Crippen molar-refractivity contribution in [3.8, 4) is 11.4 Å². The summed E-state index contributed by atoms with van der Waals surface area (Å²) in [5, 5.41) is 16.4. The number of anilines is 2. The molecule has 180 valence electrons. The molecule has 9 nitrogen and oxygen atoms in total. The topological polar surface area (TPSA) is 119 Å². The molecule has 0 spiro atoms. The number of carbonyl (C=O) groups is 1. The maximum absolute atomic E-state index is 13.2. The van der Waals surface area contributed by atoms with Gasteiger partial charge in [0.1, 0.15) is 5.69 Å². The lowest BCUT2D eigenvalue weighted by atomic mass is 9.97. The van der Waals surface area contributed by atoms with Gasteiger partial charge >= 0.3 is 0 Å². The van der Waals surface area contributed by atoms with Crippen molar-refractivity contribution in [3.63, 3.8) is 0 Å². The standard InChI is InChI=1S/C26H29N7O2/c34-13-11-27-16-18-4-3-12-33(17-18)25(35)24-15-19-14-20(6-7-21(19)31-24)30-26-29-10-8-23(32-26)22-5-1-2-9-28-22/h1-2,5-10,14-15,18,27,31,34H,3-4,11-13,16-17H2,(H,29,30,32). The van der Waals surface area contributed by atoms with Gasteiger partial charge in [0.25, 0.3) is 5.91 Å². The number of aliphatic hydroxyl groups excluding tert-OH is 1. The van der Waals surface area contributed by atoms with E-state index >= 15 is 0 Å². The number of carbonyl (C=O) groups excluding carboxylic acids is 1. The van der Waals surface area contributed by atoms with Crippen LogP contribution in [0.25, 0.3) is 22.3 Å². The monoisotopic (exact) mass is 471 g/mol. The van der Waals surface area contributed by atoms with Crippen LogP contribution < -0.4 is 10.6 Å². The first-order valence-electron chi connectivity index (χ1n) is 11.9. The summed E-state index contributed by atoms with van der Waals surface area (Å²) in [4.78, 5) is 31.6. The summed E-state index contributed by atoms with van der Waals surface area (Å²) >= 11 is 0. The fraction of sp³-hybridized carbons (Fsp3) is 0.308. The Balaban J connectivity index is 1.28. The van der Waals surface area contributed by atoms with Crippen molar-refractivity contribution in [2.24, 2.45) is 5.92 Å². The highest BCUT2D eigenvalue weighted by Gasteiger charge is 2.25. The Kier molecular flexibility index (Phi) is 6.97. The van der Waals surface area contributed by atoms with Crippen LogP contribution in [-0.2, 0) is 0 Å². The number of piperidine rings is 1. The normalized spacial score (nSPS) is 15.9. The zero-order chi connectivity index (χ0) is 24.0. The van der Waals surface area contributed by atoms with Crippen molar-refractivity contribution in [2.75, 3.05) is 38.1 Å². The summed E-state index contributed by atoms with van der Waals surface area (Å²) in [6, 6.07) is 15.3. The molecule has 0 aliphatic carbocycles. The van der Waals surface area contributed by atoms with Gasteiger partial charge in [0.05, 0.1) is 18.0 Å². The molecule has 1 amide bonds. The van der Waals surface area contributed by atoms with E-state index in [1.165, 1.54) is 0 Å². The van der Waals surface area contributed by atoms with E-state index in [-0.39, 0.29) is 12.5 Å². The first-order valence-corrected chi connectivity index (χ1v) is 11.9. The van der Waals surface area contributed by atoms with Gasteiger partial charge in [0.2, 0.25) is 5.95 Å². The fourth-order valence-electron chi connectivity index (χ4n) is 4.50. The molecule has 4 aromatic rings. The maximum Gasteiger partial charge on any atom is 0.270 e. The van der Waals surface area contributed by atoms with Crippen LogP contribution in [0.1, 0.15) is 23.3 Å². The molecular weight excluding hydrogens is 442 g/mol. The van der Waals surface area contributed by atoms with Crippen LogP contribution in [-0.4, -0.2) is 68.6 Å². The van der Waals surface area contributed by atoms with Gasteiger partial charge in [0.15, 0.2) is 0 Å². The third-order valence-corrected chi connectivity index (χ3v) is 6.22. The van der Waals surface area contributed by atoms with Crippen LogP contribution >= 0.6 is 0 Å². The predicted molar refractivity (Wildman–Crippen MR) is 135 cm³/mol. The van der Waals surface area contributed by atoms with Crippen molar-refractivity contribution in [2.45, 2.75) is 12.8 Å². The molecule has 35 heavy (non-hydrogen) atoms. The molecule has 1 aromatic carbocycles. The molecule has 4 heterocycles. The summed E-state index contributed by atoms with van der Waals surface area (Å²) in [6.07, 6.45) is 5.52. The minimum absolute atomic E-state index is 0.0222. The number of nitrogens with one attached hydrogen (secondary N) is 3. The number of hydrogen-bond acceptors (Lipinski definition) is 7. The largest absolute Gasteiger partial charge is 0.395 e. The van der Waals surface area contributed by atoms with E-state index in [4.69, 9.17) is 5.11 Å². The Bertz CT molecular complexity index is 1290. The third-order valence-electron chi connectivity index (χ3n) is 6.22. The molecule has 0 saturated carbocycles. The second kappa shape index (κ2) is 10.6. The average Bonchev–Trinajstić information content (AvgIpc) is 3.33. The molecule has 1 aliphatic rings. The van der Waals surface area contributed by atoms with Crippen molar-refractivity contribution in [1.82, 2.24) is 30.2 Å². The van der Waals surface area contributed by atoms with Crippen LogP contribution in [0.3, 0.4) is 0 Å². The van der Waals surface area contributed by atoms with Gasteiger partial charge in [0, 0.05) is 48.6 Å². The Hall–Kier alpha value is -3.82. The summed E-state index contributed by atoms with van der Waals surface area (Å²) in [5.74, 6) is 0.906. The number of benzene rings is 1. The van der Waals surface area contributed by atoms with Gasteiger partial charge < -0.3 is 25.6 Å². The van der Waals surface area contributed by atoms with Crippen molar-refractivity contribution >= 4 is 28.4 Å². The van der Waals surface area contributed by atoms with Crippen LogP contribution in [0, 0.1) is 5.92 Å². The summed E-state index contributed by atoms with van der Waals surface area (Å²) in [7, 11) is 0. The maximum atomic E-state index is 13.2. The van der Waals surface area contributed by atoms with Gasteiger partial charge in [-0.05, 0) is 67.8 Å². The van der Waals surface area contributed by atoms with E-state index in [0.29, 0.717) is 24.1 Å². The molecule has 1 fully saturated rings. The zero-order valence-electron chi connectivity index (χ0n) is 19.4. The quantitative estimate of drug-likeness (QED) is 0.291. The molecule has 0 bridgehead atoms. The smallest absolute Gasteiger partial charge is 0.270 e. The molecule has 1 aliphatic heterocycles. The molecule has 0 radical (unpaired) electrons. The van der Waals surface area contributed by atoms with E-state index in [1.807, 2.05) is 53.4 Å². The van der Waals surface area contributed by atoms with Crippen molar-refractivity contribution in [1.29, 1.82) is 0 Å². The minimum Gasteiger partial charge on any atom is -0.395 e. The van der Waals surface area contributed by atoms with Crippen LogP contribution in [0.2, 0.25) is 0 Å². The van der Waals surface area contributed by atoms with Gasteiger partial charge in [-0.25, -0.2) is 9.97 Å². The number of likely N-dealkylation sites (tertiary alicyclic amines) is 1. The van der Waals surface area contributed by atoms with E-state index in [2.05, 4.69) is 30.6 Å². The second-order valence-electron chi connectivity index (χ2n) is 8.78. The molecular formula is C26H29N7O2. The van der Waals surface area contributed by atoms with Crippen LogP contribution in [0.4, 0.5) is 11.6 Å². The van der Waals surface area contributed by atoms with Crippen LogP contribution in [0.5, 0.6) is 0 Å². The van der Waals surface area contributed by atoms with Gasteiger partial charge in [-0.15, -0.1) is 0 Å². The number of aromatic nitrogens is 4. The van der Waals surface area contributed by atoms with Gasteiger partial charge in [-0.2, -0.15) is 0 Å². The van der Waals surface area contributed by atoms with E-state index in [1.54, 1.807) is 12.4 Å². The second-order valence-corrected chi connectivity index (χ2v) is 8.78. The fourth-order valence-corrected chi connectivity index (χ4v) is 4.50. The predicted octanol–water partition coefficient (Wildman–Crippen LogP) is 3.20. The zero-order valence-corrected chi connectivity index (χ0v) is 19.4. The highest BCUT2D eigenvalue weighted by atomic mass is 16.3. The Labute approximate surface area is 203 Å². The number of fused-ring (bicyclic) bond motifs is 1. The molecule has 5 rings (SSSR count). The van der Waals surface area contributed by atoms with E-state index < -0.39 is 0 Å². The number of aromatic amines is 1. The Morgan fingerprint density at radius 1 is 1.11 bits per heavy atom. The first-order chi connectivity index (χ1) is 17.2. The minimum atomic E-state index is 0.0222. The Morgan fingerprint density at radius 3 is 2.91 bits per heavy atom. The summed E-state index contributed by atoms with van der Waals surface area (Å²) in [6.45, 7) is 3.02. The van der Waals surface area contributed by atoms with E-state index in [9.17, 15) is 4.79 Å². The molecule has 1 unspecified atom stereocenters. The molecule has 9 heteroatoms. The Morgan fingerprint density at radius 2 is 2.06 bits per heavy atom. The lowest BCUT2D eigenvalue weighted by Gasteiger charge is -2.32. The van der Waals surface area contributed by atoms with Crippen LogP contribution in [0.15, 0.2) is 60.9 Å².